The van der Waals surface area contributed by atoms with Crippen LogP contribution in [-0.2, 0) is 0 Å². The molecule has 6 heteroatoms. The van der Waals surface area contributed by atoms with Gasteiger partial charge in [-0.05, 0) is 53.9 Å². The summed E-state index contributed by atoms with van der Waals surface area (Å²) < 4.78 is -0.471. The molecule has 0 fully saturated rings. The Morgan fingerprint density at radius 3 is 2.40 bits per heavy atom. The van der Waals surface area contributed by atoms with E-state index in [1.165, 1.54) is 0 Å². The first-order valence-corrected chi connectivity index (χ1v) is 4.80. The number of alkyl halides is 3. The van der Waals surface area contributed by atoms with Gasteiger partial charge in [0.1, 0.15) is 0 Å². The maximum atomic E-state index is 3.80. The Bertz CT molecular complexity index is 171. The van der Waals surface area contributed by atoms with Crippen LogP contribution in [0.15, 0.2) is 17.4 Å². The highest BCUT2D eigenvalue weighted by Gasteiger charge is 2.25. The molecule has 0 saturated heterocycles. The summed E-state index contributed by atoms with van der Waals surface area (Å²) >= 11 is 9.93. The second kappa shape index (κ2) is 3.23. The summed E-state index contributed by atoms with van der Waals surface area (Å²) in [6.07, 6.45) is 5.30. The minimum absolute atomic E-state index is 0.471. The highest BCUT2D eigenvalue weighted by atomic mass is 80.0. The average molecular weight is 334 g/mol. The Labute approximate surface area is 83.9 Å². The van der Waals surface area contributed by atoms with Gasteiger partial charge in [0.25, 0.3) is 0 Å². The molecule has 0 aromatic carbocycles. The predicted octanol–water partition coefficient (Wildman–Crippen LogP) is 2.10. The van der Waals surface area contributed by atoms with Crippen molar-refractivity contribution in [1.82, 2.24) is 10.5 Å². The molecule has 0 spiro atoms. The lowest BCUT2D eigenvalue weighted by Gasteiger charge is -2.28. The smallest absolute Gasteiger partial charge is 0.225 e. The van der Waals surface area contributed by atoms with Gasteiger partial charge in [-0.25, -0.2) is 10.5 Å². The van der Waals surface area contributed by atoms with Crippen LogP contribution in [0.25, 0.3) is 0 Å². The van der Waals surface area contributed by atoms with Crippen LogP contribution in [0.1, 0.15) is 0 Å². The van der Waals surface area contributed by atoms with E-state index < -0.39 is 2.27 Å². The normalized spacial score (nSPS) is 17.3. The van der Waals surface area contributed by atoms with E-state index in [1.807, 2.05) is 12.3 Å². The first-order valence-electron chi connectivity index (χ1n) is 2.42. The zero-order valence-corrected chi connectivity index (χ0v) is 9.52. The minimum Gasteiger partial charge on any atom is -0.242 e. The molecule has 10 heavy (non-hydrogen) atoms. The highest BCUT2D eigenvalue weighted by molar-refractivity contribution is 9.39. The second-order valence-electron chi connectivity index (χ2n) is 1.56. The van der Waals surface area contributed by atoms with Gasteiger partial charge < -0.3 is 0 Å². The summed E-state index contributed by atoms with van der Waals surface area (Å²) in [6.45, 7) is 0. The molecule has 1 aliphatic rings. The molecule has 56 valence electrons. The lowest BCUT2D eigenvalue weighted by molar-refractivity contribution is 0.299. The molecule has 3 nitrogen and oxygen atoms in total. The number of allylic oxidation sites excluding steroid dienone is 1. The summed E-state index contributed by atoms with van der Waals surface area (Å²) in [6, 6.07) is 0. The average Bonchev–Trinajstić information content (AvgIpc) is 1.88. The standard InChI is InChI=1S/C4H4Br3N3/c5-4(6,7)10-3-1-2-8-9-10/h1-3,9H. The zero-order valence-electron chi connectivity index (χ0n) is 4.76. The fraction of sp³-hybridized carbons (Fsp3) is 0.250. The molecule has 0 atom stereocenters. The number of rotatable bonds is 0. The Balaban J connectivity index is 2.60. The molecule has 1 rings (SSSR count). The van der Waals surface area contributed by atoms with Crippen molar-refractivity contribution in [3.05, 3.63) is 12.3 Å². The van der Waals surface area contributed by atoms with Crippen LogP contribution < -0.4 is 5.53 Å². The summed E-state index contributed by atoms with van der Waals surface area (Å²) in [5.41, 5.74) is 2.73. The van der Waals surface area contributed by atoms with Crippen LogP contribution in [0.5, 0.6) is 0 Å². The maximum absolute atomic E-state index is 3.80. The van der Waals surface area contributed by atoms with Crippen molar-refractivity contribution in [1.29, 1.82) is 0 Å². The summed E-state index contributed by atoms with van der Waals surface area (Å²) in [4.78, 5) is 0. The molecular weight excluding hydrogens is 330 g/mol. The van der Waals surface area contributed by atoms with Gasteiger partial charge in [-0.2, -0.15) is 5.10 Å². The van der Waals surface area contributed by atoms with Crippen molar-refractivity contribution in [2.45, 2.75) is 2.27 Å². The van der Waals surface area contributed by atoms with E-state index in [9.17, 15) is 0 Å². The molecular formula is C4H4Br3N3. The van der Waals surface area contributed by atoms with Gasteiger partial charge >= 0.3 is 0 Å². The first-order chi connectivity index (χ1) is 4.61. The molecule has 0 unspecified atom stereocenters. The van der Waals surface area contributed by atoms with E-state index in [2.05, 4.69) is 58.4 Å². The van der Waals surface area contributed by atoms with E-state index in [4.69, 9.17) is 0 Å². The fourth-order valence-electron chi connectivity index (χ4n) is 0.438. The monoisotopic (exact) mass is 331 g/mol. The first kappa shape index (κ1) is 8.55. The van der Waals surface area contributed by atoms with Crippen molar-refractivity contribution in [3.63, 3.8) is 0 Å². The van der Waals surface area contributed by atoms with Gasteiger partial charge in [-0.1, -0.05) is 0 Å². The third kappa shape index (κ3) is 2.25. The Morgan fingerprint density at radius 2 is 2.10 bits per heavy atom. The van der Waals surface area contributed by atoms with Crippen LogP contribution >= 0.6 is 47.8 Å². The summed E-state index contributed by atoms with van der Waals surface area (Å²) in [7, 11) is 0. The van der Waals surface area contributed by atoms with Gasteiger partial charge in [-0.15, -0.1) is 0 Å². The number of hydrazine groups is 1. The Morgan fingerprint density at radius 1 is 1.40 bits per heavy atom. The van der Waals surface area contributed by atoms with E-state index in [0.29, 0.717) is 0 Å². The summed E-state index contributed by atoms with van der Waals surface area (Å²) in [5.74, 6) is 0. The Kier molecular flexibility index (Phi) is 2.76. The van der Waals surface area contributed by atoms with Crippen molar-refractivity contribution in [2.75, 3.05) is 0 Å². The lowest BCUT2D eigenvalue weighted by Crippen LogP contribution is -2.39. The molecule has 1 aliphatic heterocycles. The number of hydrazone groups is 1. The third-order valence-electron chi connectivity index (χ3n) is 0.834. The second-order valence-corrected chi connectivity index (χ2v) is 8.19. The van der Waals surface area contributed by atoms with Crippen LogP contribution in [0.4, 0.5) is 0 Å². The van der Waals surface area contributed by atoms with Crippen LogP contribution in [-0.4, -0.2) is 13.5 Å². The number of halogens is 3. The van der Waals surface area contributed by atoms with Crippen molar-refractivity contribution in [3.8, 4) is 0 Å². The molecule has 0 aromatic rings. The minimum atomic E-state index is -0.471. The largest absolute Gasteiger partial charge is 0.242 e. The zero-order chi connectivity index (χ0) is 7.61. The van der Waals surface area contributed by atoms with Crippen LogP contribution in [0.3, 0.4) is 0 Å². The number of nitrogens with one attached hydrogen (secondary N) is 1. The maximum Gasteiger partial charge on any atom is 0.225 e. The molecule has 0 bridgehead atoms. The molecule has 1 N–H and O–H groups in total. The quantitative estimate of drug-likeness (QED) is 0.543. The number of hydrogen-bond donors (Lipinski definition) is 1. The number of hydrogen-bond acceptors (Lipinski definition) is 3. The van der Waals surface area contributed by atoms with Crippen LogP contribution in [0.2, 0.25) is 0 Å². The number of nitrogens with zero attached hydrogens (tertiary/aromatic N) is 2. The molecule has 0 aliphatic carbocycles. The van der Waals surface area contributed by atoms with Gasteiger partial charge in [0.05, 0.1) is 6.21 Å². The van der Waals surface area contributed by atoms with Crippen molar-refractivity contribution < 1.29 is 0 Å². The molecule has 0 aromatic heterocycles. The topological polar surface area (TPSA) is 27.6 Å². The van der Waals surface area contributed by atoms with Gasteiger partial charge in [0.15, 0.2) is 0 Å². The molecule has 0 amide bonds. The van der Waals surface area contributed by atoms with Crippen molar-refractivity contribution in [2.24, 2.45) is 5.10 Å². The lowest BCUT2D eigenvalue weighted by atomic mass is 10.6. The van der Waals surface area contributed by atoms with Gasteiger partial charge in [-0.3, -0.25) is 0 Å². The van der Waals surface area contributed by atoms with Gasteiger partial charge in [0, 0.05) is 6.20 Å². The highest BCUT2D eigenvalue weighted by Crippen LogP contribution is 2.36. The Hall–Kier alpha value is 0.450. The molecule has 0 saturated carbocycles. The fourth-order valence-corrected chi connectivity index (χ4v) is 1.03. The SMILES string of the molecule is BrC(Br)(Br)N1C=CC=NN1. The van der Waals surface area contributed by atoms with E-state index in [0.717, 1.165) is 0 Å². The molecule has 0 radical (unpaired) electrons. The predicted molar refractivity (Wildman–Crippen MR) is 52.1 cm³/mol. The van der Waals surface area contributed by atoms with Crippen molar-refractivity contribution >= 4 is 54.0 Å². The summed E-state index contributed by atoms with van der Waals surface area (Å²) in [5, 5.41) is 5.50. The van der Waals surface area contributed by atoms with E-state index >= 15 is 0 Å². The third-order valence-corrected chi connectivity index (χ3v) is 1.98. The van der Waals surface area contributed by atoms with E-state index in [-0.39, 0.29) is 0 Å². The molecule has 1 heterocycles. The van der Waals surface area contributed by atoms with E-state index in [1.54, 1.807) is 11.2 Å². The van der Waals surface area contributed by atoms with Gasteiger partial charge in [0.2, 0.25) is 2.27 Å². The van der Waals surface area contributed by atoms with Crippen LogP contribution in [0, 0.1) is 0 Å².